The molecule has 0 aliphatic rings. The van der Waals surface area contributed by atoms with Crippen molar-refractivity contribution in [2.45, 2.75) is 46.6 Å². The lowest BCUT2D eigenvalue weighted by Crippen LogP contribution is -2.40. The molecule has 0 amide bonds. The monoisotopic (exact) mass is 266 g/mol. The van der Waals surface area contributed by atoms with Gasteiger partial charge in [-0.2, -0.15) is 0 Å². The Labute approximate surface area is 115 Å². The molecule has 0 radical (unpaired) electrons. The van der Waals surface area contributed by atoms with E-state index in [0.29, 0.717) is 23.2 Å². The van der Waals surface area contributed by atoms with Crippen molar-refractivity contribution in [1.29, 1.82) is 0 Å². The second-order valence-corrected chi connectivity index (χ2v) is 6.09. The van der Waals surface area contributed by atoms with Crippen LogP contribution >= 0.6 is 0 Å². The highest BCUT2D eigenvalue weighted by Crippen LogP contribution is 2.22. The minimum atomic E-state index is -0.0668. The van der Waals surface area contributed by atoms with Gasteiger partial charge in [0.15, 0.2) is 11.6 Å². The van der Waals surface area contributed by atoms with Gasteiger partial charge < -0.3 is 16.5 Å². The van der Waals surface area contributed by atoms with Gasteiger partial charge in [0, 0.05) is 12.1 Å². The highest BCUT2D eigenvalue weighted by atomic mass is 15.4. The minimum absolute atomic E-state index is 0.0668. The Bertz CT molecular complexity index is 397. The lowest BCUT2D eigenvalue weighted by atomic mass is 10.1. The van der Waals surface area contributed by atoms with E-state index in [0.717, 1.165) is 13.0 Å². The zero-order valence-electron chi connectivity index (χ0n) is 12.5. The quantitative estimate of drug-likeness (QED) is 0.591. The van der Waals surface area contributed by atoms with Crippen LogP contribution in [0.25, 0.3) is 0 Å². The van der Waals surface area contributed by atoms with Crippen molar-refractivity contribution in [3.05, 3.63) is 6.33 Å². The van der Waals surface area contributed by atoms with E-state index in [1.54, 1.807) is 0 Å². The molecular formula is C13H26N6. The van der Waals surface area contributed by atoms with Crippen molar-refractivity contribution in [1.82, 2.24) is 15.4 Å². The molecule has 0 saturated heterocycles. The number of nitrogens with one attached hydrogen (secondary N) is 3. The summed E-state index contributed by atoms with van der Waals surface area (Å²) in [4.78, 5) is 8.30. The SMILES string of the molecule is CC(C)CCNc1ncnc(NNC(C)(C)C)c1N. The molecule has 0 spiro atoms. The predicted molar refractivity (Wildman–Crippen MR) is 80.9 cm³/mol. The smallest absolute Gasteiger partial charge is 0.169 e. The van der Waals surface area contributed by atoms with Crippen LogP contribution in [-0.4, -0.2) is 22.1 Å². The van der Waals surface area contributed by atoms with Crippen molar-refractivity contribution in [3.63, 3.8) is 0 Å². The van der Waals surface area contributed by atoms with Crippen molar-refractivity contribution in [2.24, 2.45) is 5.92 Å². The fourth-order valence-corrected chi connectivity index (χ4v) is 1.36. The maximum absolute atomic E-state index is 6.04. The van der Waals surface area contributed by atoms with Gasteiger partial charge in [0.25, 0.3) is 0 Å². The van der Waals surface area contributed by atoms with Crippen LogP contribution in [0.2, 0.25) is 0 Å². The van der Waals surface area contributed by atoms with Gasteiger partial charge >= 0.3 is 0 Å². The average Bonchev–Trinajstić information content (AvgIpc) is 2.28. The molecule has 0 aromatic carbocycles. The molecule has 0 unspecified atom stereocenters. The topological polar surface area (TPSA) is 87.9 Å². The summed E-state index contributed by atoms with van der Waals surface area (Å²) in [5, 5.41) is 3.24. The standard InChI is InChI=1S/C13H26N6/c1-9(2)6-7-15-11-10(14)12(17-8-16-11)18-19-13(3,4)5/h8-9,19H,6-7,14H2,1-5H3,(H2,15,16,17,18). The number of nitrogens with zero attached hydrogens (tertiary/aromatic N) is 2. The molecule has 0 fully saturated rings. The molecule has 108 valence electrons. The summed E-state index contributed by atoms with van der Waals surface area (Å²) in [7, 11) is 0. The molecule has 19 heavy (non-hydrogen) atoms. The Morgan fingerprint density at radius 2 is 1.84 bits per heavy atom. The number of rotatable bonds is 6. The van der Waals surface area contributed by atoms with Crippen molar-refractivity contribution in [3.8, 4) is 0 Å². The number of aromatic nitrogens is 2. The molecule has 0 saturated carbocycles. The van der Waals surface area contributed by atoms with Gasteiger partial charge in [-0.05, 0) is 33.1 Å². The van der Waals surface area contributed by atoms with E-state index in [1.807, 2.05) is 0 Å². The van der Waals surface area contributed by atoms with Crippen molar-refractivity contribution >= 4 is 17.3 Å². The van der Waals surface area contributed by atoms with E-state index < -0.39 is 0 Å². The summed E-state index contributed by atoms with van der Waals surface area (Å²) in [5.41, 5.74) is 12.7. The van der Waals surface area contributed by atoms with E-state index in [4.69, 9.17) is 5.73 Å². The summed E-state index contributed by atoms with van der Waals surface area (Å²) in [6, 6.07) is 0. The predicted octanol–water partition coefficient (Wildman–Crippen LogP) is 2.23. The molecule has 1 heterocycles. The molecule has 5 N–H and O–H groups in total. The summed E-state index contributed by atoms with van der Waals surface area (Å²) in [6.07, 6.45) is 2.58. The largest absolute Gasteiger partial charge is 0.393 e. The second kappa shape index (κ2) is 6.56. The highest BCUT2D eigenvalue weighted by molar-refractivity contribution is 5.73. The molecule has 1 rings (SSSR count). The maximum Gasteiger partial charge on any atom is 0.169 e. The lowest BCUT2D eigenvalue weighted by molar-refractivity contribution is 0.464. The molecule has 0 bridgehead atoms. The summed E-state index contributed by atoms with van der Waals surface area (Å²) < 4.78 is 0. The van der Waals surface area contributed by atoms with E-state index >= 15 is 0 Å². The van der Waals surface area contributed by atoms with Gasteiger partial charge in [-0.3, -0.25) is 0 Å². The third kappa shape index (κ3) is 5.74. The van der Waals surface area contributed by atoms with Crippen molar-refractivity contribution in [2.75, 3.05) is 23.0 Å². The number of nitrogen functional groups attached to an aromatic ring is 1. The summed E-state index contributed by atoms with van der Waals surface area (Å²) >= 11 is 0. The molecule has 6 heteroatoms. The van der Waals surface area contributed by atoms with Gasteiger partial charge in [-0.15, -0.1) is 0 Å². The number of hydrazine groups is 1. The van der Waals surface area contributed by atoms with Gasteiger partial charge in [0.05, 0.1) is 0 Å². The Hall–Kier alpha value is -1.56. The number of hydrogen-bond donors (Lipinski definition) is 4. The van der Waals surface area contributed by atoms with Gasteiger partial charge in [-0.1, -0.05) is 13.8 Å². The number of hydrogen-bond acceptors (Lipinski definition) is 6. The lowest BCUT2D eigenvalue weighted by Gasteiger charge is -2.22. The third-order valence-electron chi connectivity index (χ3n) is 2.45. The van der Waals surface area contributed by atoms with E-state index in [-0.39, 0.29) is 5.54 Å². The van der Waals surface area contributed by atoms with E-state index in [1.165, 1.54) is 6.33 Å². The first kappa shape index (κ1) is 15.5. The highest BCUT2D eigenvalue weighted by Gasteiger charge is 2.12. The average molecular weight is 266 g/mol. The fraction of sp³-hybridized carbons (Fsp3) is 0.692. The van der Waals surface area contributed by atoms with Crippen LogP contribution in [0.4, 0.5) is 17.3 Å². The molecule has 0 aliphatic carbocycles. The van der Waals surface area contributed by atoms with E-state index in [2.05, 4.69) is 60.8 Å². The Morgan fingerprint density at radius 1 is 1.21 bits per heavy atom. The molecule has 0 aliphatic heterocycles. The van der Waals surface area contributed by atoms with E-state index in [9.17, 15) is 0 Å². The molecule has 0 atom stereocenters. The molecule has 1 aromatic rings. The van der Waals surface area contributed by atoms with Gasteiger partial charge in [0.2, 0.25) is 0 Å². The third-order valence-corrected chi connectivity index (χ3v) is 2.45. The van der Waals surface area contributed by atoms with Crippen LogP contribution in [-0.2, 0) is 0 Å². The molecular weight excluding hydrogens is 240 g/mol. The van der Waals surface area contributed by atoms with Crippen molar-refractivity contribution < 1.29 is 0 Å². The van der Waals surface area contributed by atoms with Crippen LogP contribution in [0.3, 0.4) is 0 Å². The van der Waals surface area contributed by atoms with Crippen LogP contribution < -0.4 is 21.9 Å². The zero-order valence-corrected chi connectivity index (χ0v) is 12.5. The first-order chi connectivity index (χ1) is 8.79. The Kier molecular flexibility index (Phi) is 5.35. The summed E-state index contributed by atoms with van der Waals surface area (Å²) in [5.74, 6) is 1.92. The molecule has 1 aromatic heterocycles. The number of nitrogens with two attached hydrogens (primary N) is 1. The van der Waals surface area contributed by atoms with Gasteiger partial charge in [0.1, 0.15) is 12.0 Å². The molecule has 6 nitrogen and oxygen atoms in total. The maximum atomic E-state index is 6.04. The second-order valence-electron chi connectivity index (χ2n) is 6.09. The Balaban J connectivity index is 2.64. The Morgan fingerprint density at radius 3 is 2.42 bits per heavy atom. The van der Waals surface area contributed by atoms with Crippen LogP contribution in [0.5, 0.6) is 0 Å². The van der Waals surface area contributed by atoms with Crippen LogP contribution in [0.1, 0.15) is 41.0 Å². The minimum Gasteiger partial charge on any atom is -0.393 e. The first-order valence-electron chi connectivity index (χ1n) is 6.67. The summed E-state index contributed by atoms with van der Waals surface area (Å²) in [6.45, 7) is 11.4. The zero-order chi connectivity index (χ0) is 14.5. The van der Waals surface area contributed by atoms with Gasteiger partial charge in [-0.25, -0.2) is 15.4 Å². The fourth-order valence-electron chi connectivity index (χ4n) is 1.36. The normalized spacial score (nSPS) is 11.7. The van der Waals surface area contributed by atoms with Crippen LogP contribution in [0, 0.1) is 5.92 Å². The van der Waals surface area contributed by atoms with Crippen LogP contribution in [0.15, 0.2) is 6.33 Å². The first-order valence-corrected chi connectivity index (χ1v) is 6.67. The number of anilines is 3.